The first-order valence-corrected chi connectivity index (χ1v) is 9.98. The number of aromatic nitrogens is 2. The van der Waals surface area contributed by atoms with Crippen LogP contribution in [0.15, 0.2) is 57.8 Å². The minimum Gasteiger partial charge on any atom is -0.496 e. The molecular formula is C21H19BrClN3O3. The summed E-state index contributed by atoms with van der Waals surface area (Å²) in [6.45, 7) is 3.58. The predicted molar refractivity (Wildman–Crippen MR) is 116 cm³/mol. The van der Waals surface area contributed by atoms with Crippen LogP contribution in [0.2, 0.25) is 5.02 Å². The first kappa shape index (κ1) is 21.1. The molecule has 0 spiro atoms. The lowest BCUT2D eigenvalue weighted by molar-refractivity contribution is 0.0932. The van der Waals surface area contributed by atoms with Crippen LogP contribution < -0.4 is 15.5 Å². The molecule has 0 aliphatic rings. The summed E-state index contributed by atoms with van der Waals surface area (Å²) >= 11 is 9.37. The van der Waals surface area contributed by atoms with Gasteiger partial charge in [0.1, 0.15) is 5.75 Å². The van der Waals surface area contributed by atoms with Gasteiger partial charge in [0, 0.05) is 16.8 Å². The van der Waals surface area contributed by atoms with E-state index in [4.69, 9.17) is 16.3 Å². The number of nitrogens with one attached hydrogen (secondary N) is 1. The van der Waals surface area contributed by atoms with Crippen LogP contribution in [0.25, 0.3) is 5.69 Å². The smallest absolute Gasteiger partial charge is 0.276 e. The molecule has 150 valence electrons. The largest absolute Gasteiger partial charge is 0.496 e. The van der Waals surface area contributed by atoms with Crippen molar-refractivity contribution in [2.24, 2.45) is 0 Å². The average Bonchev–Trinajstić information content (AvgIpc) is 2.68. The maximum Gasteiger partial charge on any atom is 0.276 e. The van der Waals surface area contributed by atoms with E-state index in [0.717, 1.165) is 10.0 Å². The second kappa shape index (κ2) is 8.80. The van der Waals surface area contributed by atoms with E-state index >= 15 is 0 Å². The van der Waals surface area contributed by atoms with Crippen molar-refractivity contribution in [2.45, 2.75) is 19.9 Å². The molecule has 0 saturated carbocycles. The van der Waals surface area contributed by atoms with Crippen molar-refractivity contribution in [3.05, 3.63) is 85.2 Å². The Balaban J connectivity index is 1.89. The van der Waals surface area contributed by atoms with Gasteiger partial charge in [-0.25, -0.2) is 4.68 Å². The Bertz CT molecular complexity index is 1110. The first-order chi connectivity index (χ1) is 13.8. The molecule has 0 bridgehead atoms. The van der Waals surface area contributed by atoms with Crippen molar-refractivity contribution in [3.63, 3.8) is 0 Å². The first-order valence-electron chi connectivity index (χ1n) is 8.81. The highest BCUT2D eigenvalue weighted by Gasteiger charge is 2.18. The van der Waals surface area contributed by atoms with Gasteiger partial charge < -0.3 is 10.1 Å². The highest BCUT2D eigenvalue weighted by molar-refractivity contribution is 9.10. The zero-order valence-corrected chi connectivity index (χ0v) is 18.4. The Labute approximate surface area is 181 Å². The van der Waals surface area contributed by atoms with Crippen molar-refractivity contribution in [1.29, 1.82) is 0 Å². The van der Waals surface area contributed by atoms with Crippen molar-refractivity contribution >= 4 is 33.4 Å². The molecule has 8 heteroatoms. The van der Waals surface area contributed by atoms with E-state index in [1.165, 1.54) is 6.07 Å². The number of hydrogen-bond acceptors (Lipinski definition) is 4. The number of halogens is 2. The molecule has 29 heavy (non-hydrogen) atoms. The van der Waals surface area contributed by atoms with E-state index in [-0.39, 0.29) is 11.7 Å². The van der Waals surface area contributed by atoms with Gasteiger partial charge in [0.2, 0.25) is 5.43 Å². The molecule has 1 unspecified atom stereocenters. The Morgan fingerprint density at radius 3 is 2.52 bits per heavy atom. The fraction of sp³-hybridized carbons (Fsp3) is 0.190. The number of ether oxygens (including phenoxy) is 1. The maximum atomic E-state index is 12.8. The Morgan fingerprint density at radius 1 is 1.21 bits per heavy atom. The Morgan fingerprint density at radius 2 is 1.90 bits per heavy atom. The second-order valence-corrected chi connectivity index (χ2v) is 7.77. The summed E-state index contributed by atoms with van der Waals surface area (Å²) < 4.78 is 7.54. The average molecular weight is 477 g/mol. The number of amides is 1. The van der Waals surface area contributed by atoms with E-state index in [1.54, 1.807) is 49.0 Å². The van der Waals surface area contributed by atoms with Gasteiger partial charge >= 0.3 is 0 Å². The lowest BCUT2D eigenvalue weighted by Gasteiger charge is -2.16. The molecule has 0 radical (unpaired) electrons. The molecule has 1 aromatic heterocycles. The van der Waals surface area contributed by atoms with Crippen LogP contribution >= 0.6 is 27.5 Å². The van der Waals surface area contributed by atoms with Gasteiger partial charge in [-0.3, -0.25) is 9.59 Å². The van der Waals surface area contributed by atoms with Crippen LogP contribution in [0.3, 0.4) is 0 Å². The fourth-order valence-corrected chi connectivity index (χ4v) is 3.53. The molecule has 1 amide bonds. The van der Waals surface area contributed by atoms with Crippen LogP contribution in [-0.4, -0.2) is 22.8 Å². The molecule has 0 saturated heterocycles. The number of carbonyl (C=O) groups excluding carboxylic acids is 1. The lowest BCUT2D eigenvalue weighted by Crippen LogP contribution is -2.33. The third-order valence-corrected chi connectivity index (χ3v) is 5.29. The third kappa shape index (κ3) is 4.68. The highest BCUT2D eigenvalue weighted by atomic mass is 79.9. The normalized spacial score (nSPS) is 11.8. The minimum absolute atomic E-state index is 0.176. The Hall–Kier alpha value is -2.64. The van der Waals surface area contributed by atoms with Crippen LogP contribution in [0.1, 0.15) is 34.7 Å². The number of nitrogens with zero attached hydrogens (tertiary/aromatic N) is 2. The Kier molecular flexibility index (Phi) is 6.39. The van der Waals surface area contributed by atoms with Crippen LogP contribution in [0.4, 0.5) is 0 Å². The summed E-state index contributed by atoms with van der Waals surface area (Å²) in [5.74, 6) is 0.149. The van der Waals surface area contributed by atoms with Gasteiger partial charge in [-0.2, -0.15) is 5.10 Å². The van der Waals surface area contributed by atoms with Crippen LogP contribution in [-0.2, 0) is 0 Å². The minimum atomic E-state index is -0.544. The third-order valence-electron chi connectivity index (χ3n) is 4.42. The molecular weight excluding hydrogens is 458 g/mol. The maximum absolute atomic E-state index is 12.8. The SMILES string of the molecule is COc1ccc(C(C)NC(=O)c2nn(-c3ccc(Cl)cc3)c(C)cc2=O)cc1Br. The molecule has 0 fully saturated rings. The summed E-state index contributed by atoms with van der Waals surface area (Å²) in [6.07, 6.45) is 0. The summed E-state index contributed by atoms with van der Waals surface area (Å²) in [5, 5.41) is 7.70. The van der Waals surface area contributed by atoms with E-state index in [0.29, 0.717) is 22.2 Å². The number of carbonyl (C=O) groups is 1. The fourth-order valence-electron chi connectivity index (χ4n) is 2.85. The molecule has 6 nitrogen and oxygen atoms in total. The van der Waals surface area contributed by atoms with E-state index in [1.807, 2.05) is 19.1 Å². The number of aryl methyl sites for hydroxylation is 1. The van der Waals surface area contributed by atoms with E-state index in [9.17, 15) is 9.59 Å². The lowest BCUT2D eigenvalue weighted by atomic mass is 10.1. The molecule has 1 atom stereocenters. The van der Waals surface area contributed by atoms with Gasteiger partial charge in [-0.15, -0.1) is 0 Å². The van der Waals surface area contributed by atoms with Crippen LogP contribution in [0.5, 0.6) is 5.75 Å². The van der Waals surface area contributed by atoms with Crippen molar-refractivity contribution in [3.8, 4) is 11.4 Å². The van der Waals surface area contributed by atoms with Crippen molar-refractivity contribution in [2.75, 3.05) is 7.11 Å². The molecule has 3 aromatic rings. The van der Waals surface area contributed by atoms with Gasteiger partial charge in [0.05, 0.1) is 23.3 Å². The quantitative estimate of drug-likeness (QED) is 0.590. The highest BCUT2D eigenvalue weighted by Crippen LogP contribution is 2.28. The number of hydrogen-bond donors (Lipinski definition) is 1. The molecule has 1 heterocycles. The number of rotatable bonds is 5. The van der Waals surface area contributed by atoms with Crippen LogP contribution in [0, 0.1) is 6.92 Å². The molecule has 3 rings (SSSR count). The van der Waals surface area contributed by atoms with Crippen molar-refractivity contribution < 1.29 is 9.53 Å². The number of benzene rings is 2. The summed E-state index contributed by atoms with van der Waals surface area (Å²) in [4.78, 5) is 25.2. The van der Waals surface area contributed by atoms with Gasteiger partial charge in [-0.05, 0) is 71.7 Å². The standard InChI is InChI=1S/C21H19BrClN3O3/c1-12-10-18(27)20(25-26(12)16-7-5-15(23)6-8-16)21(28)24-13(2)14-4-9-19(29-3)17(22)11-14/h4-11,13H,1-3H3,(H,24,28). The molecule has 0 aliphatic carbocycles. The summed E-state index contributed by atoms with van der Waals surface area (Å²) in [6, 6.07) is 13.6. The molecule has 1 N–H and O–H groups in total. The monoisotopic (exact) mass is 475 g/mol. The summed E-state index contributed by atoms with van der Waals surface area (Å²) in [7, 11) is 1.58. The molecule has 0 aliphatic heterocycles. The van der Waals surface area contributed by atoms with Gasteiger partial charge in [0.25, 0.3) is 5.91 Å². The zero-order chi connectivity index (χ0) is 21.1. The topological polar surface area (TPSA) is 73.2 Å². The van der Waals surface area contributed by atoms with Gasteiger partial charge in [0.15, 0.2) is 5.69 Å². The van der Waals surface area contributed by atoms with Gasteiger partial charge in [-0.1, -0.05) is 17.7 Å². The molecule has 2 aromatic carbocycles. The predicted octanol–water partition coefficient (Wildman–Crippen LogP) is 4.46. The van der Waals surface area contributed by atoms with E-state index in [2.05, 4.69) is 26.3 Å². The van der Waals surface area contributed by atoms with Crippen molar-refractivity contribution in [1.82, 2.24) is 15.1 Å². The zero-order valence-electron chi connectivity index (χ0n) is 16.1. The number of methoxy groups -OCH3 is 1. The van der Waals surface area contributed by atoms with E-state index < -0.39 is 11.3 Å². The second-order valence-electron chi connectivity index (χ2n) is 6.48. The summed E-state index contributed by atoms with van der Waals surface area (Å²) in [5.41, 5.74) is 1.56.